The van der Waals surface area contributed by atoms with Gasteiger partial charge in [-0.3, -0.25) is 9.69 Å². The highest BCUT2D eigenvalue weighted by molar-refractivity contribution is 5.94. The lowest BCUT2D eigenvalue weighted by molar-refractivity contribution is 0.0313. The third kappa shape index (κ3) is 3.56. The van der Waals surface area contributed by atoms with Crippen molar-refractivity contribution in [1.29, 1.82) is 0 Å². The van der Waals surface area contributed by atoms with Gasteiger partial charge in [0, 0.05) is 19.6 Å². The van der Waals surface area contributed by atoms with E-state index in [1.54, 1.807) is 6.26 Å². The highest BCUT2D eigenvalue weighted by atomic mass is 16.5. The van der Waals surface area contributed by atoms with E-state index in [-0.39, 0.29) is 11.9 Å². The Hall–Kier alpha value is -2.64. The van der Waals surface area contributed by atoms with Crippen molar-refractivity contribution in [3.05, 3.63) is 53.2 Å². The Morgan fingerprint density at radius 3 is 2.97 bits per heavy atom. The number of carbonyl (C=O) groups is 1. The van der Waals surface area contributed by atoms with Crippen LogP contribution in [0.25, 0.3) is 11.0 Å². The number of likely N-dealkylation sites (tertiary alicyclic amines) is 1. The number of fused-ring (bicyclic) bond motifs is 1. The van der Waals surface area contributed by atoms with Crippen molar-refractivity contribution in [3.8, 4) is 0 Å². The van der Waals surface area contributed by atoms with Gasteiger partial charge in [-0.25, -0.2) is 4.98 Å². The second kappa shape index (κ2) is 7.65. The molecule has 1 amide bonds. The van der Waals surface area contributed by atoms with E-state index in [0.29, 0.717) is 12.1 Å². The number of benzene rings is 1. The summed E-state index contributed by atoms with van der Waals surface area (Å²) in [5.41, 5.74) is 3.77. The molecule has 0 saturated carbocycles. The second-order valence-corrected chi connectivity index (χ2v) is 7.94. The number of carbonyl (C=O) groups excluding carboxylic acids is 1. The van der Waals surface area contributed by atoms with Gasteiger partial charge in [-0.1, -0.05) is 12.1 Å². The van der Waals surface area contributed by atoms with Crippen LogP contribution in [0, 0.1) is 6.92 Å². The first-order valence-electron chi connectivity index (χ1n) is 10.3. The van der Waals surface area contributed by atoms with E-state index in [1.165, 1.54) is 0 Å². The number of aromatic amines is 1. The third-order valence-corrected chi connectivity index (χ3v) is 5.95. The monoisotopic (exact) mass is 394 g/mol. The van der Waals surface area contributed by atoms with Gasteiger partial charge in [-0.15, -0.1) is 0 Å². The molecule has 2 saturated heterocycles. The Morgan fingerprint density at radius 1 is 1.28 bits per heavy atom. The summed E-state index contributed by atoms with van der Waals surface area (Å²) in [6, 6.07) is 7.99. The Morgan fingerprint density at radius 2 is 2.14 bits per heavy atom. The van der Waals surface area contributed by atoms with Crippen molar-refractivity contribution in [2.24, 2.45) is 0 Å². The molecule has 0 spiro atoms. The number of amides is 1. The molecule has 0 bridgehead atoms. The molecule has 2 aliphatic heterocycles. The highest BCUT2D eigenvalue weighted by Gasteiger charge is 2.33. The number of para-hydroxylation sites is 1. The van der Waals surface area contributed by atoms with Crippen molar-refractivity contribution >= 4 is 16.9 Å². The predicted molar refractivity (Wildman–Crippen MR) is 109 cm³/mol. The minimum Gasteiger partial charge on any atom is -0.467 e. The molecule has 4 heterocycles. The average molecular weight is 394 g/mol. The molecule has 7 nitrogen and oxygen atoms in total. The van der Waals surface area contributed by atoms with E-state index in [9.17, 15) is 4.79 Å². The lowest BCUT2D eigenvalue weighted by atomic mass is 10.2. The smallest absolute Gasteiger partial charge is 0.257 e. The number of nitrogens with zero attached hydrogens (tertiary/aromatic N) is 3. The summed E-state index contributed by atoms with van der Waals surface area (Å²) in [5, 5.41) is 0. The maximum atomic E-state index is 13.2. The molecule has 1 atom stereocenters. The van der Waals surface area contributed by atoms with E-state index in [1.807, 2.05) is 23.1 Å². The van der Waals surface area contributed by atoms with Gasteiger partial charge in [0.25, 0.3) is 5.91 Å². The molecule has 7 heteroatoms. The predicted octanol–water partition coefficient (Wildman–Crippen LogP) is 3.27. The zero-order chi connectivity index (χ0) is 19.8. The van der Waals surface area contributed by atoms with Crippen LogP contribution >= 0.6 is 0 Å². The molecule has 0 radical (unpaired) electrons. The number of furan rings is 1. The van der Waals surface area contributed by atoms with Gasteiger partial charge < -0.3 is 19.0 Å². The van der Waals surface area contributed by atoms with Crippen LogP contribution in [0.1, 0.15) is 46.4 Å². The van der Waals surface area contributed by atoms with Gasteiger partial charge >= 0.3 is 0 Å². The van der Waals surface area contributed by atoms with Crippen LogP contribution in [0.5, 0.6) is 0 Å². The summed E-state index contributed by atoms with van der Waals surface area (Å²) < 4.78 is 11.1. The van der Waals surface area contributed by atoms with E-state index in [2.05, 4.69) is 22.9 Å². The molecule has 29 heavy (non-hydrogen) atoms. The van der Waals surface area contributed by atoms with Gasteiger partial charge in [0.2, 0.25) is 0 Å². The second-order valence-electron chi connectivity index (χ2n) is 7.94. The number of hydrogen-bond donors (Lipinski definition) is 1. The number of H-pyrrole nitrogens is 1. The standard InChI is InChI=1S/C22H26N4O3/c1-15-4-2-5-18-20(15)24-21(23-18)19-6-3-7-26(19)22(27)16-12-17(29-14-16)13-25-8-10-28-11-9-25/h2,4-5,12,14,19H,3,6-11,13H2,1H3,(H,23,24). The zero-order valence-electron chi connectivity index (χ0n) is 16.7. The van der Waals surface area contributed by atoms with Crippen LogP contribution in [0.4, 0.5) is 0 Å². The number of aryl methyl sites for hydroxylation is 1. The van der Waals surface area contributed by atoms with Crippen molar-refractivity contribution in [2.75, 3.05) is 32.8 Å². The normalized spacial score (nSPS) is 20.6. The number of hydrogen-bond acceptors (Lipinski definition) is 5. The Balaban J connectivity index is 1.34. The van der Waals surface area contributed by atoms with Crippen LogP contribution < -0.4 is 0 Å². The number of imidazole rings is 1. The third-order valence-electron chi connectivity index (χ3n) is 5.95. The molecule has 5 rings (SSSR count). The molecule has 152 valence electrons. The summed E-state index contributed by atoms with van der Waals surface area (Å²) in [5.74, 6) is 1.71. The van der Waals surface area contributed by atoms with Gasteiger partial charge in [0.15, 0.2) is 0 Å². The highest BCUT2D eigenvalue weighted by Crippen LogP contribution is 2.33. The maximum Gasteiger partial charge on any atom is 0.257 e. The van der Waals surface area contributed by atoms with Crippen molar-refractivity contribution in [3.63, 3.8) is 0 Å². The molecule has 1 N–H and O–H groups in total. The van der Waals surface area contributed by atoms with Gasteiger partial charge in [-0.05, 0) is 37.5 Å². The summed E-state index contributed by atoms with van der Waals surface area (Å²) in [7, 11) is 0. The average Bonchev–Trinajstić information content (AvgIpc) is 3.47. The Bertz CT molecular complexity index is 1020. The molecular formula is C22H26N4O3. The Kier molecular flexibility index (Phi) is 4.85. The van der Waals surface area contributed by atoms with Crippen LogP contribution in [0.15, 0.2) is 34.9 Å². The van der Waals surface area contributed by atoms with Crippen LogP contribution in [0.3, 0.4) is 0 Å². The molecule has 2 aliphatic rings. The summed E-state index contributed by atoms with van der Waals surface area (Å²) in [6.07, 6.45) is 3.49. The zero-order valence-corrected chi connectivity index (χ0v) is 16.7. The van der Waals surface area contributed by atoms with E-state index >= 15 is 0 Å². The quantitative estimate of drug-likeness (QED) is 0.735. The SMILES string of the molecule is Cc1cccc2[nH]c(C3CCCN3C(=O)c3coc(CN4CCOCC4)c3)nc12. The number of nitrogens with one attached hydrogen (secondary N) is 1. The number of aromatic nitrogens is 2. The van der Waals surface area contributed by atoms with Crippen molar-refractivity contribution < 1.29 is 13.9 Å². The lowest BCUT2D eigenvalue weighted by Gasteiger charge is -2.25. The number of morpholine rings is 1. The van der Waals surface area contributed by atoms with Crippen molar-refractivity contribution in [2.45, 2.75) is 32.4 Å². The molecule has 3 aromatic rings. The van der Waals surface area contributed by atoms with Gasteiger partial charge in [0.1, 0.15) is 17.8 Å². The number of ether oxygens (including phenoxy) is 1. The molecule has 2 fully saturated rings. The fourth-order valence-corrected chi connectivity index (χ4v) is 4.37. The Labute approximate surface area is 169 Å². The van der Waals surface area contributed by atoms with Gasteiger partial charge in [0.05, 0.1) is 42.4 Å². The summed E-state index contributed by atoms with van der Waals surface area (Å²) in [4.78, 5) is 25.7. The van der Waals surface area contributed by atoms with Crippen LogP contribution in [-0.2, 0) is 11.3 Å². The molecule has 1 aromatic carbocycles. The fourth-order valence-electron chi connectivity index (χ4n) is 4.37. The topological polar surface area (TPSA) is 74.6 Å². The summed E-state index contributed by atoms with van der Waals surface area (Å²) in [6.45, 7) is 6.80. The van der Waals surface area contributed by atoms with Crippen molar-refractivity contribution in [1.82, 2.24) is 19.8 Å². The van der Waals surface area contributed by atoms with E-state index in [0.717, 1.165) is 73.9 Å². The van der Waals surface area contributed by atoms with E-state index in [4.69, 9.17) is 14.1 Å². The summed E-state index contributed by atoms with van der Waals surface area (Å²) >= 11 is 0. The van der Waals surface area contributed by atoms with Gasteiger partial charge in [-0.2, -0.15) is 0 Å². The van der Waals surface area contributed by atoms with Crippen LogP contribution in [0.2, 0.25) is 0 Å². The first-order valence-corrected chi connectivity index (χ1v) is 10.3. The lowest BCUT2D eigenvalue weighted by Crippen LogP contribution is -2.35. The molecular weight excluding hydrogens is 368 g/mol. The number of rotatable bonds is 4. The molecule has 0 aliphatic carbocycles. The largest absolute Gasteiger partial charge is 0.467 e. The minimum atomic E-state index is -0.0214. The van der Waals surface area contributed by atoms with E-state index < -0.39 is 0 Å². The molecule has 2 aromatic heterocycles. The molecule has 1 unspecified atom stereocenters. The first kappa shape index (κ1) is 18.4. The fraction of sp³-hybridized carbons (Fsp3) is 0.455. The first-order chi connectivity index (χ1) is 14.2. The van der Waals surface area contributed by atoms with Crippen LogP contribution in [-0.4, -0.2) is 58.5 Å². The minimum absolute atomic E-state index is 0.0154. The maximum absolute atomic E-state index is 13.2.